The Morgan fingerprint density at radius 1 is 0.932 bits per heavy atom. The Labute approximate surface area is 263 Å². The second-order valence-corrected chi connectivity index (χ2v) is 11.6. The van der Waals surface area contributed by atoms with Crippen LogP contribution >= 0.6 is 22.9 Å². The molecule has 5 rings (SSSR count). The molecule has 226 valence electrons. The molecule has 1 fully saturated rings. The third-order valence-electron chi connectivity index (χ3n) is 7.22. The maximum absolute atomic E-state index is 13.4. The monoisotopic (exact) mass is 631 g/mol. The topological polar surface area (TPSA) is 132 Å². The Kier molecular flexibility index (Phi) is 9.88. The molecule has 3 N–H and O–H groups in total. The molecule has 4 aromatic rings. The van der Waals surface area contributed by atoms with Gasteiger partial charge in [0.05, 0.1) is 28.7 Å². The number of amides is 3. The lowest BCUT2D eigenvalue weighted by Gasteiger charge is -2.26. The Morgan fingerprint density at radius 3 is 2.50 bits per heavy atom. The van der Waals surface area contributed by atoms with E-state index in [9.17, 15) is 24.3 Å². The third kappa shape index (κ3) is 7.61. The number of carboxylic acid groups (broad SMARTS) is 1. The second-order valence-electron chi connectivity index (χ2n) is 10.2. The van der Waals surface area contributed by atoms with Crippen molar-refractivity contribution < 1.29 is 24.3 Å². The average Bonchev–Trinajstić information content (AvgIpc) is 3.45. The number of halogens is 1. The number of carbonyl (C=O) groups is 4. The predicted molar refractivity (Wildman–Crippen MR) is 170 cm³/mol. The fourth-order valence-corrected chi connectivity index (χ4v) is 5.93. The molecule has 0 aliphatic carbocycles. The quantitative estimate of drug-likeness (QED) is 0.227. The van der Waals surface area contributed by atoms with Gasteiger partial charge in [0, 0.05) is 54.7 Å². The van der Waals surface area contributed by atoms with Gasteiger partial charge < -0.3 is 25.5 Å². The normalized spacial score (nSPS) is 13.9. The standard InChI is InChI=1S/C32H30ClN5O5S/c33-24-7-1-5-21(17-24)30(41)36-26-18-22(31(42)35-25(19-29(39)40)23-6-2-11-34-20-23)9-10-27(26)37-12-4-13-38(15-14-37)32(43)28-8-3-16-44-28/h1-3,5-11,16-18,20,25H,4,12-15,19H2,(H,35,42)(H,36,41)(H,39,40). The lowest BCUT2D eigenvalue weighted by molar-refractivity contribution is -0.137. The van der Waals surface area contributed by atoms with E-state index in [1.54, 1.807) is 60.8 Å². The van der Waals surface area contributed by atoms with Gasteiger partial charge in [0.2, 0.25) is 0 Å². The molecule has 0 radical (unpaired) electrons. The van der Waals surface area contributed by atoms with Crippen molar-refractivity contribution in [3.63, 3.8) is 0 Å². The Morgan fingerprint density at radius 2 is 1.77 bits per heavy atom. The van der Waals surface area contributed by atoms with Gasteiger partial charge >= 0.3 is 5.97 Å². The molecule has 44 heavy (non-hydrogen) atoms. The number of pyridine rings is 1. The van der Waals surface area contributed by atoms with E-state index in [0.717, 1.165) is 0 Å². The largest absolute Gasteiger partial charge is 0.481 e. The number of thiophene rings is 1. The molecule has 0 saturated carbocycles. The van der Waals surface area contributed by atoms with Gasteiger partial charge in [-0.25, -0.2) is 0 Å². The zero-order valence-corrected chi connectivity index (χ0v) is 25.2. The van der Waals surface area contributed by atoms with E-state index >= 15 is 0 Å². The summed E-state index contributed by atoms with van der Waals surface area (Å²) >= 11 is 7.53. The highest BCUT2D eigenvalue weighted by Crippen LogP contribution is 2.30. The minimum absolute atomic E-state index is 0.00659. The molecule has 3 heterocycles. The highest BCUT2D eigenvalue weighted by atomic mass is 35.5. The van der Waals surface area contributed by atoms with Crippen molar-refractivity contribution in [3.8, 4) is 0 Å². The fraction of sp³-hybridized carbons (Fsp3) is 0.219. The van der Waals surface area contributed by atoms with Gasteiger partial charge in [0.1, 0.15) is 0 Å². The predicted octanol–water partition coefficient (Wildman–Crippen LogP) is 5.35. The highest BCUT2D eigenvalue weighted by molar-refractivity contribution is 7.12. The van der Waals surface area contributed by atoms with Crippen molar-refractivity contribution in [2.24, 2.45) is 0 Å². The summed E-state index contributed by atoms with van der Waals surface area (Å²) in [6, 6.07) is 17.8. The number of nitrogens with one attached hydrogen (secondary N) is 2. The Bertz CT molecular complexity index is 1650. The van der Waals surface area contributed by atoms with E-state index in [1.165, 1.54) is 17.5 Å². The molecule has 2 aromatic carbocycles. The van der Waals surface area contributed by atoms with Gasteiger partial charge in [0.25, 0.3) is 17.7 Å². The van der Waals surface area contributed by atoms with Crippen molar-refractivity contribution >= 4 is 58.0 Å². The van der Waals surface area contributed by atoms with Gasteiger partial charge in [-0.15, -0.1) is 11.3 Å². The smallest absolute Gasteiger partial charge is 0.305 e. The molecule has 10 nitrogen and oxygen atoms in total. The zero-order chi connectivity index (χ0) is 31.1. The lowest BCUT2D eigenvalue weighted by atomic mass is 10.0. The minimum Gasteiger partial charge on any atom is -0.481 e. The van der Waals surface area contributed by atoms with Crippen molar-refractivity contribution in [2.45, 2.75) is 18.9 Å². The number of nitrogens with zero attached hydrogens (tertiary/aromatic N) is 3. The van der Waals surface area contributed by atoms with Crippen LogP contribution in [0.3, 0.4) is 0 Å². The molecule has 0 spiro atoms. The maximum Gasteiger partial charge on any atom is 0.305 e. The molecule has 1 saturated heterocycles. The van der Waals surface area contributed by atoms with Crippen LogP contribution in [0.5, 0.6) is 0 Å². The van der Waals surface area contributed by atoms with E-state index in [-0.39, 0.29) is 17.9 Å². The molecule has 3 amide bonds. The number of aliphatic carboxylic acids is 1. The van der Waals surface area contributed by atoms with Crippen LogP contribution in [-0.2, 0) is 4.79 Å². The first-order valence-corrected chi connectivity index (χ1v) is 15.3. The molecule has 12 heteroatoms. The van der Waals surface area contributed by atoms with Crippen molar-refractivity contribution in [1.82, 2.24) is 15.2 Å². The van der Waals surface area contributed by atoms with Crippen molar-refractivity contribution in [3.05, 3.63) is 111 Å². The van der Waals surface area contributed by atoms with Crippen LogP contribution in [0.2, 0.25) is 5.02 Å². The van der Waals surface area contributed by atoms with Crippen molar-refractivity contribution in [2.75, 3.05) is 36.4 Å². The number of hydrogen-bond acceptors (Lipinski definition) is 7. The summed E-state index contributed by atoms with van der Waals surface area (Å²) in [7, 11) is 0. The van der Waals surface area contributed by atoms with Crippen LogP contribution in [0, 0.1) is 0 Å². The zero-order valence-electron chi connectivity index (χ0n) is 23.6. The Balaban J connectivity index is 1.41. The molecule has 1 aliphatic rings. The van der Waals surface area contributed by atoms with Crippen molar-refractivity contribution in [1.29, 1.82) is 0 Å². The lowest BCUT2D eigenvalue weighted by Crippen LogP contribution is -2.35. The summed E-state index contributed by atoms with van der Waals surface area (Å²) in [5.41, 5.74) is 2.23. The van der Waals surface area contributed by atoms with Gasteiger partial charge in [0.15, 0.2) is 0 Å². The van der Waals surface area contributed by atoms with Crippen LogP contribution in [0.25, 0.3) is 0 Å². The number of aromatic nitrogens is 1. The molecular weight excluding hydrogens is 602 g/mol. The summed E-state index contributed by atoms with van der Waals surface area (Å²) in [6.07, 6.45) is 3.46. The molecule has 1 atom stereocenters. The van der Waals surface area contributed by atoms with E-state index in [0.29, 0.717) is 65.0 Å². The molecule has 1 unspecified atom stereocenters. The summed E-state index contributed by atoms with van der Waals surface area (Å²) in [4.78, 5) is 59.9. The summed E-state index contributed by atoms with van der Waals surface area (Å²) in [5, 5.41) is 17.5. The first kappa shape index (κ1) is 30.7. The number of anilines is 2. The van der Waals surface area contributed by atoms with Gasteiger partial charge in [-0.05, 0) is 65.9 Å². The summed E-state index contributed by atoms with van der Waals surface area (Å²) < 4.78 is 0. The van der Waals surface area contributed by atoms with Gasteiger partial charge in [-0.3, -0.25) is 24.2 Å². The van der Waals surface area contributed by atoms with E-state index in [1.807, 2.05) is 22.4 Å². The summed E-state index contributed by atoms with van der Waals surface area (Å²) in [5.74, 6) is -1.99. The Hall–Kier alpha value is -4.74. The highest BCUT2D eigenvalue weighted by Gasteiger charge is 2.25. The van der Waals surface area contributed by atoms with E-state index in [4.69, 9.17) is 11.6 Å². The van der Waals surface area contributed by atoms with E-state index < -0.39 is 23.8 Å². The van der Waals surface area contributed by atoms with Crippen LogP contribution in [-0.4, -0.2) is 64.9 Å². The van der Waals surface area contributed by atoms with Crippen LogP contribution in [0.1, 0.15) is 54.8 Å². The number of rotatable bonds is 9. The number of hydrogen-bond donors (Lipinski definition) is 3. The molecule has 1 aliphatic heterocycles. The van der Waals surface area contributed by atoms with Crippen LogP contribution < -0.4 is 15.5 Å². The van der Waals surface area contributed by atoms with Crippen LogP contribution in [0.15, 0.2) is 84.5 Å². The average molecular weight is 632 g/mol. The molecule has 2 aromatic heterocycles. The number of benzene rings is 2. The summed E-state index contributed by atoms with van der Waals surface area (Å²) in [6.45, 7) is 2.23. The van der Waals surface area contributed by atoms with Gasteiger partial charge in [-0.1, -0.05) is 29.8 Å². The fourth-order valence-electron chi connectivity index (χ4n) is 5.05. The molecule has 0 bridgehead atoms. The molecular formula is C32H30ClN5O5S. The first-order valence-electron chi connectivity index (χ1n) is 14.0. The second kappa shape index (κ2) is 14.2. The third-order valence-corrected chi connectivity index (χ3v) is 8.31. The van der Waals surface area contributed by atoms with Gasteiger partial charge in [-0.2, -0.15) is 0 Å². The minimum atomic E-state index is -1.07. The SMILES string of the molecule is O=C(O)CC(NC(=O)c1ccc(N2CCCN(C(=O)c3cccs3)CC2)c(NC(=O)c2cccc(Cl)c2)c1)c1cccnc1. The first-order chi connectivity index (χ1) is 21.3. The maximum atomic E-state index is 13.4. The van der Waals surface area contributed by atoms with Crippen LogP contribution in [0.4, 0.5) is 11.4 Å². The number of carboxylic acids is 1. The number of carbonyl (C=O) groups excluding carboxylic acids is 3. The van der Waals surface area contributed by atoms with E-state index in [2.05, 4.69) is 20.5 Å².